The Morgan fingerprint density at radius 3 is 2.78 bits per heavy atom. The van der Waals surface area contributed by atoms with Crippen LogP contribution in [0.2, 0.25) is 0 Å². The number of fused-ring (bicyclic) bond motifs is 1. The van der Waals surface area contributed by atoms with E-state index in [1.54, 1.807) is 18.2 Å². The Morgan fingerprint density at radius 1 is 1.37 bits per heavy atom. The van der Waals surface area contributed by atoms with E-state index in [0.717, 1.165) is 30.4 Å². The standard InChI is InChI=1S/C20H30N2O5/c1-5-19(2,3)27-12-16(23)21-20(7-8-20)13-22(4)18(24)17-15-6-9-25-10-14(15)11-26-17/h11H,5-10,12-13H2,1-4H3,(H,21,23). The number of nitrogens with one attached hydrogen (secondary N) is 1. The van der Waals surface area contributed by atoms with E-state index in [2.05, 4.69) is 5.32 Å². The molecule has 1 aromatic heterocycles. The van der Waals surface area contributed by atoms with Crippen molar-refractivity contribution < 1.29 is 23.5 Å². The number of amides is 2. The summed E-state index contributed by atoms with van der Waals surface area (Å²) in [5.74, 6) is 0.107. The second-order valence-electron chi connectivity index (χ2n) is 8.26. The highest BCUT2D eigenvalue weighted by Crippen LogP contribution is 2.36. The molecule has 1 N–H and O–H groups in total. The summed E-state index contributed by atoms with van der Waals surface area (Å²) in [4.78, 5) is 26.7. The quantitative estimate of drug-likeness (QED) is 0.751. The van der Waals surface area contributed by atoms with Gasteiger partial charge in [0.25, 0.3) is 5.91 Å². The molecule has 3 rings (SSSR count). The SMILES string of the molecule is CCC(C)(C)OCC(=O)NC1(CN(C)C(=O)c2occ3c2CCOC3)CC1. The minimum atomic E-state index is -0.350. The van der Waals surface area contributed by atoms with E-state index in [4.69, 9.17) is 13.9 Å². The van der Waals surface area contributed by atoms with E-state index in [1.165, 1.54) is 0 Å². The van der Waals surface area contributed by atoms with Crippen molar-refractivity contribution in [3.8, 4) is 0 Å². The maximum atomic E-state index is 12.8. The Hall–Kier alpha value is -1.86. The molecule has 0 atom stereocenters. The number of hydrogen-bond acceptors (Lipinski definition) is 5. The predicted molar refractivity (Wildman–Crippen MR) is 99.5 cm³/mol. The molecule has 2 heterocycles. The number of nitrogens with zero attached hydrogens (tertiary/aromatic N) is 1. The molecule has 1 fully saturated rings. The summed E-state index contributed by atoms with van der Waals surface area (Å²) in [5, 5.41) is 3.05. The Labute approximate surface area is 160 Å². The zero-order valence-electron chi connectivity index (χ0n) is 16.7. The van der Waals surface area contributed by atoms with Gasteiger partial charge in [-0.05, 0) is 33.1 Å². The maximum absolute atomic E-state index is 12.8. The van der Waals surface area contributed by atoms with Crippen LogP contribution in [0.1, 0.15) is 61.7 Å². The number of rotatable bonds is 8. The molecule has 27 heavy (non-hydrogen) atoms. The molecule has 0 saturated heterocycles. The summed E-state index contributed by atoms with van der Waals surface area (Å²) in [6.45, 7) is 7.55. The maximum Gasteiger partial charge on any atom is 0.289 e. The first-order valence-corrected chi connectivity index (χ1v) is 9.63. The molecule has 0 unspecified atom stereocenters. The van der Waals surface area contributed by atoms with E-state index in [-0.39, 0.29) is 29.6 Å². The average molecular weight is 378 g/mol. The first kappa shape index (κ1) is 19.9. The summed E-state index contributed by atoms with van der Waals surface area (Å²) in [6.07, 6.45) is 4.85. The second kappa shape index (κ2) is 7.64. The van der Waals surface area contributed by atoms with Gasteiger partial charge < -0.3 is 24.1 Å². The van der Waals surface area contributed by atoms with Crippen LogP contribution < -0.4 is 5.32 Å². The van der Waals surface area contributed by atoms with Crippen molar-refractivity contribution in [2.75, 3.05) is 26.8 Å². The van der Waals surface area contributed by atoms with Gasteiger partial charge in [-0.3, -0.25) is 9.59 Å². The van der Waals surface area contributed by atoms with Crippen molar-refractivity contribution in [1.29, 1.82) is 0 Å². The van der Waals surface area contributed by atoms with Gasteiger partial charge in [0.1, 0.15) is 6.61 Å². The van der Waals surface area contributed by atoms with Gasteiger partial charge in [-0.25, -0.2) is 0 Å². The minimum Gasteiger partial charge on any atom is -0.458 e. The molecule has 0 aromatic carbocycles. The Kier molecular flexibility index (Phi) is 5.63. The van der Waals surface area contributed by atoms with Crippen LogP contribution in [-0.2, 0) is 27.3 Å². The van der Waals surface area contributed by atoms with Crippen molar-refractivity contribution in [1.82, 2.24) is 10.2 Å². The fourth-order valence-electron chi connectivity index (χ4n) is 3.22. The summed E-state index contributed by atoms with van der Waals surface area (Å²) >= 11 is 0. The van der Waals surface area contributed by atoms with Gasteiger partial charge in [0.15, 0.2) is 5.76 Å². The van der Waals surface area contributed by atoms with Gasteiger partial charge >= 0.3 is 0 Å². The monoisotopic (exact) mass is 378 g/mol. The van der Waals surface area contributed by atoms with Crippen LogP contribution >= 0.6 is 0 Å². The van der Waals surface area contributed by atoms with Crippen LogP contribution in [0.25, 0.3) is 0 Å². The third-order valence-electron chi connectivity index (χ3n) is 5.52. The summed E-state index contributed by atoms with van der Waals surface area (Å²) in [6, 6.07) is 0. The zero-order chi connectivity index (χ0) is 19.7. The molecule has 2 amide bonds. The van der Waals surface area contributed by atoms with Crippen LogP contribution in [0, 0.1) is 0 Å². The highest BCUT2D eigenvalue weighted by Gasteiger charge is 2.46. The van der Waals surface area contributed by atoms with Crippen LogP contribution in [0.5, 0.6) is 0 Å². The first-order chi connectivity index (χ1) is 12.8. The first-order valence-electron chi connectivity index (χ1n) is 9.63. The van der Waals surface area contributed by atoms with Crippen molar-refractivity contribution in [2.24, 2.45) is 0 Å². The summed E-state index contributed by atoms with van der Waals surface area (Å²) in [5.41, 5.74) is 1.23. The van der Waals surface area contributed by atoms with Crippen molar-refractivity contribution >= 4 is 11.8 Å². The third-order valence-corrected chi connectivity index (χ3v) is 5.52. The normalized spacial score (nSPS) is 17.9. The molecule has 2 aliphatic rings. The topological polar surface area (TPSA) is 81.0 Å². The number of carbonyl (C=O) groups is 2. The third kappa shape index (κ3) is 4.71. The van der Waals surface area contributed by atoms with Crippen LogP contribution in [0.15, 0.2) is 10.7 Å². The minimum absolute atomic E-state index is 0.0337. The molecule has 1 aliphatic carbocycles. The molecule has 1 aliphatic heterocycles. The molecule has 7 heteroatoms. The number of carbonyl (C=O) groups excluding carboxylic acids is 2. The smallest absolute Gasteiger partial charge is 0.289 e. The molecule has 1 aromatic rings. The molecule has 150 valence electrons. The molecule has 0 bridgehead atoms. The Bertz CT molecular complexity index is 705. The molecule has 0 radical (unpaired) electrons. The summed E-state index contributed by atoms with van der Waals surface area (Å²) < 4.78 is 16.6. The van der Waals surface area contributed by atoms with Crippen molar-refractivity contribution in [2.45, 2.75) is 64.2 Å². The lowest BCUT2D eigenvalue weighted by Crippen LogP contribution is -2.48. The fourth-order valence-corrected chi connectivity index (χ4v) is 3.22. The molecule has 0 spiro atoms. The second-order valence-corrected chi connectivity index (χ2v) is 8.26. The highest BCUT2D eigenvalue weighted by atomic mass is 16.5. The molecular formula is C20H30N2O5. The van der Waals surface area contributed by atoms with E-state index >= 15 is 0 Å². The van der Waals surface area contributed by atoms with Crippen molar-refractivity contribution in [3.05, 3.63) is 23.2 Å². The van der Waals surface area contributed by atoms with Gasteiger partial charge in [-0.15, -0.1) is 0 Å². The molecular weight excluding hydrogens is 348 g/mol. The van der Waals surface area contributed by atoms with Crippen molar-refractivity contribution in [3.63, 3.8) is 0 Å². The average Bonchev–Trinajstić information content (AvgIpc) is 3.25. The van der Waals surface area contributed by atoms with E-state index < -0.39 is 0 Å². The van der Waals surface area contributed by atoms with Crippen LogP contribution in [0.4, 0.5) is 0 Å². The van der Waals surface area contributed by atoms with Crippen LogP contribution in [0.3, 0.4) is 0 Å². The van der Waals surface area contributed by atoms with Gasteiger partial charge in [-0.2, -0.15) is 0 Å². The predicted octanol–water partition coefficient (Wildman–Crippen LogP) is 2.28. The lowest BCUT2D eigenvalue weighted by atomic mass is 10.1. The highest BCUT2D eigenvalue weighted by molar-refractivity contribution is 5.93. The number of hydrogen-bond donors (Lipinski definition) is 1. The number of ether oxygens (including phenoxy) is 2. The summed E-state index contributed by atoms with van der Waals surface area (Å²) in [7, 11) is 1.75. The van der Waals surface area contributed by atoms with E-state index in [0.29, 0.717) is 31.9 Å². The van der Waals surface area contributed by atoms with Gasteiger partial charge in [0.05, 0.1) is 30.6 Å². The van der Waals surface area contributed by atoms with E-state index in [1.807, 2.05) is 20.8 Å². The van der Waals surface area contributed by atoms with Gasteiger partial charge in [-0.1, -0.05) is 6.92 Å². The molecule has 1 saturated carbocycles. The lowest BCUT2D eigenvalue weighted by molar-refractivity contribution is -0.132. The number of furan rings is 1. The Balaban J connectivity index is 1.55. The zero-order valence-corrected chi connectivity index (χ0v) is 16.7. The van der Waals surface area contributed by atoms with Gasteiger partial charge in [0, 0.05) is 31.1 Å². The largest absolute Gasteiger partial charge is 0.458 e. The van der Waals surface area contributed by atoms with Crippen LogP contribution in [-0.4, -0.2) is 54.7 Å². The molecule has 7 nitrogen and oxygen atoms in total. The van der Waals surface area contributed by atoms with E-state index in [9.17, 15) is 9.59 Å². The van der Waals surface area contributed by atoms with Gasteiger partial charge in [0.2, 0.25) is 5.91 Å². The Morgan fingerprint density at radius 2 is 2.11 bits per heavy atom. The lowest BCUT2D eigenvalue weighted by Gasteiger charge is -2.27. The fraction of sp³-hybridized carbons (Fsp3) is 0.700. The number of likely N-dealkylation sites (N-methyl/N-ethyl adjacent to an activating group) is 1.